The van der Waals surface area contributed by atoms with Gasteiger partial charge in [0, 0.05) is 10.4 Å². The van der Waals surface area contributed by atoms with Gasteiger partial charge in [0.2, 0.25) is 5.95 Å². The number of nitrogens with one attached hydrogen (secondary N) is 1. The molecule has 0 amide bonds. The SMILES string of the molecule is CCS(=O)(=O)n1nc(-c2ccc(C)cc2)nc1NCc1cccs1. The van der Waals surface area contributed by atoms with Gasteiger partial charge < -0.3 is 5.32 Å². The molecule has 2 heterocycles. The first kappa shape index (κ1) is 16.7. The summed E-state index contributed by atoms with van der Waals surface area (Å²) in [7, 11) is -3.53. The van der Waals surface area contributed by atoms with Gasteiger partial charge in [-0.15, -0.1) is 20.5 Å². The summed E-state index contributed by atoms with van der Waals surface area (Å²) in [4.78, 5) is 5.48. The molecule has 0 saturated carbocycles. The van der Waals surface area contributed by atoms with Gasteiger partial charge in [-0.25, -0.2) is 8.42 Å². The van der Waals surface area contributed by atoms with Crippen LogP contribution in [0.15, 0.2) is 41.8 Å². The standard InChI is InChI=1S/C16H18N4O2S2/c1-3-24(21,22)20-16(17-11-14-5-4-10-23-14)18-15(19-20)13-8-6-12(2)7-9-13/h4-10H,3,11H2,1-2H3,(H,17,18,19). The summed E-state index contributed by atoms with van der Waals surface area (Å²) in [6.07, 6.45) is 0. The highest BCUT2D eigenvalue weighted by Gasteiger charge is 2.20. The molecule has 126 valence electrons. The fraction of sp³-hybridized carbons (Fsp3) is 0.250. The molecule has 0 atom stereocenters. The lowest BCUT2D eigenvalue weighted by Gasteiger charge is -2.06. The van der Waals surface area contributed by atoms with E-state index >= 15 is 0 Å². The van der Waals surface area contributed by atoms with Crippen molar-refractivity contribution < 1.29 is 8.42 Å². The molecule has 24 heavy (non-hydrogen) atoms. The Kier molecular flexibility index (Phi) is 4.68. The van der Waals surface area contributed by atoms with Crippen LogP contribution in [-0.2, 0) is 16.6 Å². The molecule has 0 saturated heterocycles. The van der Waals surface area contributed by atoms with Crippen LogP contribution in [0.4, 0.5) is 5.95 Å². The normalized spacial score (nSPS) is 11.6. The van der Waals surface area contributed by atoms with Crippen LogP contribution in [0, 0.1) is 6.92 Å². The van der Waals surface area contributed by atoms with E-state index in [4.69, 9.17) is 0 Å². The Balaban J connectivity index is 1.97. The Hall–Kier alpha value is -2.19. The van der Waals surface area contributed by atoms with Crippen LogP contribution in [0.1, 0.15) is 17.4 Å². The molecule has 2 aromatic heterocycles. The summed E-state index contributed by atoms with van der Waals surface area (Å²) < 4.78 is 25.6. The highest BCUT2D eigenvalue weighted by molar-refractivity contribution is 7.89. The molecule has 1 N–H and O–H groups in total. The second-order valence-corrected chi connectivity index (χ2v) is 8.42. The summed E-state index contributed by atoms with van der Waals surface area (Å²) in [5.74, 6) is 0.582. The minimum atomic E-state index is -3.53. The van der Waals surface area contributed by atoms with Gasteiger partial charge in [0.15, 0.2) is 5.82 Å². The molecule has 0 aliphatic carbocycles. The number of rotatable bonds is 6. The number of anilines is 1. The Bertz CT molecular complexity index is 914. The van der Waals surface area contributed by atoms with Crippen molar-refractivity contribution in [3.05, 3.63) is 52.2 Å². The van der Waals surface area contributed by atoms with E-state index < -0.39 is 10.0 Å². The summed E-state index contributed by atoms with van der Waals surface area (Å²) in [5, 5.41) is 9.26. The highest BCUT2D eigenvalue weighted by Crippen LogP contribution is 2.21. The lowest BCUT2D eigenvalue weighted by atomic mass is 10.1. The molecule has 0 aliphatic heterocycles. The molecule has 0 fully saturated rings. The van der Waals surface area contributed by atoms with Crippen molar-refractivity contribution in [2.45, 2.75) is 20.4 Å². The fourth-order valence-electron chi connectivity index (χ4n) is 2.13. The van der Waals surface area contributed by atoms with Crippen molar-refractivity contribution in [1.82, 2.24) is 14.2 Å². The van der Waals surface area contributed by atoms with Crippen LogP contribution in [-0.4, -0.2) is 28.3 Å². The van der Waals surface area contributed by atoms with Gasteiger partial charge in [-0.2, -0.15) is 4.98 Å². The molecule has 1 aromatic carbocycles. The Morgan fingerprint density at radius 2 is 1.96 bits per heavy atom. The topological polar surface area (TPSA) is 76.9 Å². The van der Waals surface area contributed by atoms with Crippen molar-refractivity contribution >= 4 is 27.3 Å². The number of hydrogen-bond donors (Lipinski definition) is 1. The van der Waals surface area contributed by atoms with E-state index in [0.29, 0.717) is 12.4 Å². The molecule has 0 unspecified atom stereocenters. The monoisotopic (exact) mass is 362 g/mol. The molecule has 0 radical (unpaired) electrons. The Morgan fingerprint density at radius 3 is 2.58 bits per heavy atom. The maximum Gasteiger partial charge on any atom is 0.256 e. The fourth-order valence-corrected chi connectivity index (χ4v) is 3.59. The second-order valence-electron chi connectivity index (χ2n) is 5.30. The van der Waals surface area contributed by atoms with Gasteiger partial charge in [-0.1, -0.05) is 35.9 Å². The van der Waals surface area contributed by atoms with E-state index in [1.165, 1.54) is 0 Å². The van der Waals surface area contributed by atoms with E-state index in [9.17, 15) is 8.42 Å². The smallest absolute Gasteiger partial charge is 0.256 e. The maximum atomic E-state index is 12.3. The molecule has 0 aliphatic rings. The quantitative estimate of drug-likeness (QED) is 0.729. The zero-order valence-electron chi connectivity index (χ0n) is 13.4. The molecular formula is C16H18N4O2S2. The summed E-state index contributed by atoms with van der Waals surface area (Å²) in [6, 6.07) is 11.6. The van der Waals surface area contributed by atoms with Gasteiger partial charge in [0.25, 0.3) is 10.0 Å². The highest BCUT2D eigenvalue weighted by atomic mass is 32.2. The zero-order chi connectivity index (χ0) is 17.2. The number of benzene rings is 1. The first-order chi connectivity index (χ1) is 11.5. The van der Waals surface area contributed by atoms with E-state index in [1.807, 2.05) is 48.7 Å². The van der Waals surface area contributed by atoms with E-state index in [-0.39, 0.29) is 11.7 Å². The summed E-state index contributed by atoms with van der Waals surface area (Å²) in [6.45, 7) is 4.08. The van der Waals surface area contributed by atoms with E-state index in [2.05, 4.69) is 15.4 Å². The molecular weight excluding hydrogens is 344 g/mol. The third-order valence-corrected chi connectivity index (χ3v) is 5.90. The molecule has 6 nitrogen and oxygen atoms in total. The van der Waals surface area contributed by atoms with E-state index in [1.54, 1.807) is 18.3 Å². The zero-order valence-corrected chi connectivity index (χ0v) is 15.1. The van der Waals surface area contributed by atoms with Gasteiger partial charge in [0.05, 0.1) is 12.3 Å². The predicted molar refractivity (Wildman–Crippen MR) is 96.7 cm³/mol. The van der Waals surface area contributed by atoms with Crippen LogP contribution in [0.25, 0.3) is 11.4 Å². The number of thiophene rings is 1. The van der Waals surface area contributed by atoms with Gasteiger partial charge in [0.1, 0.15) is 0 Å². The van der Waals surface area contributed by atoms with Crippen LogP contribution < -0.4 is 5.32 Å². The number of nitrogens with zero attached hydrogens (tertiary/aromatic N) is 3. The van der Waals surface area contributed by atoms with Crippen molar-refractivity contribution in [3.63, 3.8) is 0 Å². The average Bonchev–Trinajstić information content (AvgIpc) is 3.23. The average molecular weight is 362 g/mol. The van der Waals surface area contributed by atoms with Crippen LogP contribution >= 0.6 is 11.3 Å². The minimum absolute atomic E-state index is 0.0443. The van der Waals surface area contributed by atoms with Crippen molar-refractivity contribution in [3.8, 4) is 11.4 Å². The molecule has 0 spiro atoms. The molecule has 0 bridgehead atoms. The summed E-state index contributed by atoms with van der Waals surface area (Å²) >= 11 is 1.60. The van der Waals surface area contributed by atoms with Crippen LogP contribution in [0.5, 0.6) is 0 Å². The van der Waals surface area contributed by atoms with Crippen molar-refractivity contribution in [2.24, 2.45) is 0 Å². The molecule has 8 heteroatoms. The van der Waals surface area contributed by atoms with Crippen molar-refractivity contribution in [2.75, 3.05) is 11.1 Å². The number of hydrogen-bond acceptors (Lipinski definition) is 6. The lowest BCUT2D eigenvalue weighted by molar-refractivity contribution is 0.582. The van der Waals surface area contributed by atoms with E-state index in [0.717, 1.165) is 20.1 Å². The number of aromatic nitrogens is 3. The Morgan fingerprint density at radius 1 is 1.21 bits per heavy atom. The third-order valence-electron chi connectivity index (χ3n) is 3.52. The van der Waals surface area contributed by atoms with Crippen LogP contribution in [0.3, 0.4) is 0 Å². The maximum absolute atomic E-state index is 12.3. The Labute approximate surface area is 145 Å². The predicted octanol–water partition coefficient (Wildman–Crippen LogP) is 3.12. The first-order valence-electron chi connectivity index (χ1n) is 7.53. The second kappa shape index (κ2) is 6.74. The number of aryl methyl sites for hydroxylation is 1. The minimum Gasteiger partial charge on any atom is -0.349 e. The lowest BCUT2D eigenvalue weighted by Crippen LogP contribution is -2.19. The van der Waals surface area contributed by atoms with Crippen LogP contribution in [0.2, 0.25) is 0 Å². The molecule has 3 rings (SSSR count). The third kappa shape index (κ3) is 3.49. The first-order valence-corrected chi connectivity index (χ1v) is 10.0. The largest absolute Gasteiger partial charge is 0.349 e. The van der Waals surface area contributed by atoms with Crippen molar-refractivity contribution in [1.29, 1.82) is 0 Å². The molecule has 3 aromatic rings. The van der Waals surface area contributed by atoms with Gasteiger partial charge in [-0.3, -0.25) is 0 Å². The summed E-state index contributed by atoms with van der Waals surface area (Å²) in [5.41, 5.74) is 1.90. The van der Waals surface area contributed by atoms with Gasteiger partial charge in [-0.05, 0) is 25.3 Å². The van der Waals surface area contributed by atoms with Gasteiger partial charge >= 0.3 is 0 Å².